The van der Waals surface area contributed by atoms with Gasteiger partial charge in [-0.2, -0.15) is 0 Å². The van der Waals surface area contributed by atoms with Gasteiger partial charge in [0.1, 0.15) is 5.75 Å². The molecule has 1 aliphatic rings. The van der Waals surface area contributed by atoms with Crippen molar-refractivity contribution in [2.75, 3.05) is 7.11 Å². The highest BCUT2D eigenvalue weighted by atomic mass is 35.5. The van der Waals surface area contributed by atoms with Gasteiger partial charge in [0.2, 0.25) is 5.91 Å². The topological polar surface area (TPSA) is 38.3 Å². The van der Waals surface area contributed by atoms with Crippen molar-refractivity contribution in [3.8, 4) is 5.75 Å². The van der Waals surface area contributed by atoms with Crippen LogP contribution in [0.1, 0.15) is 31.2 Å². The molecule has 1 saturated carbocycles. The summed E-state index contributed by atoms with van der Waals surface area (Å²) in [4.78, 5) is 11.9. The second-order valence-corrected chi connectivity index (χ2v) is 5.06. The number of amides is 1. The summed E-state index contributed by atoms with van der Waals surface area (Å²) in [7, 11) is 1.60. The SMILES string of the molecule is COc1ccc(CNC(=O)C2CCCC2)c(Cl)c1. The third-order valence-electron chi connectivity index (χ3n) is 3.44. The van der Waals surface area contributed by atoms with E-state index >= 15 is 0 Å². The Hall–Kier alpha value is -1.22. The van der Waals surface area contributed by atoms with Gasteiger partial charge < -0.3 is 10.1 Å². The number of ether oxygens (including phenoxy) is 1. The van der Waals surface area contributed by atoms with E-state index in [1.54, 1.807) is 13.2 Å². The average Bonchev–Trinajstić information content (AvgIpc) is 2.90. The van der Waals surface area contributed by atoms with Gasteiger partial charge in [0.25, 0.3) is 0 Å². The van der Waals surface area contributed by atoms with Crippen LogP contribution in [0.15, 0.2) is 18.2 Å². The average molecular weight is 268 g/mol. The lowest BCUT2D eigenvalue weighted by molar-refractivity contribution is -0.124. The summed E-state index contributed by atoms with van der Waals surface area (Å²) in [6, 6.07) is 5.50. The minimum Gasteiger partial charge on any atom is -0.497 e. The number of nitrogens with one attached hydrogen (secondary N) is 1. The van der Waals surface area contributed by atoms with Crippen LogP contribution in [0.3, 0.4) is 0 Å². The number of carbonyl (C=O) groups is 1. The summed E-state index contributed by atoms with van der Waals surface area (Å²) >= 11 is 6.12. The number of benzene rings is 1. The maximum Gasteiger partial charge on any atom is 0.223 e. The van der Waals surface area contributed by atoms with Gasteiger partial charge in [-0.15, -0.1) is 0 Å². The molecule has 0 aliphatic heterocycles. The van der Waals surface area contributed by atoms with Crippen molar-refractivity contribution >= 4 is 17.5 Å². The van der Waals surface area contributed by atoms with E-state index in [2.05, 4.69) is 5.32 Å². The number of rotatable bonds is 4. The van der Waals surface area contributed by atoms with E-state index in [9.17, 15) is 4.79 Å². The van der Waals surface area contributed by atoms with Crippen LogP contribution in [0.4, 0.5) is 0 Å². The predicted octanol–water partition coefficient (Wildman–Crippen LogP) is 3.16. The van der Waals surface area contributed by atoms with E-state index in [0.717, 1.165) is 24.2 Å². The Morgan fingerprint density at radius 2 is 2.17 bits per heavy atom. The van der Waals surface area contributed by atoms with Crippen molar-refractivity contribution in [3.05, 3.63) is 28.8 Å². The summed E-state index contributed by atoms with van der Waals surface area (Å²) in [5.41, 5.74) is 0.920. The number of hydrogen-bond donors (Lipinski definition) is 1. The number of hydrogen-bond acceptors (Lipinski definition) is 2. The van der Waals surface area contributed by atoms with Gasteiger partial charge in [0, 0.05) is 17.5 Å². The molecule has 0 spiro atoms. The molecule has 98 valence electrons. The predicted molar refractivity (Wildman–Crippen MR) is 71.8 cm³/mol. The molecule has 2 rings (SSSR count). The third kappa shape index (κ3) is 3.16. The van der Waals surface area contributed by atoms with Crippen molar-refractivity contribution in [1.82, 2.24) is 5.32 Å². The molecule has 0 atom stereocenters. The zero-order valence-corrected chi connectivity index (χ0v) is 11.3. The standard InChI is InChI=1S/C14H18ClNO2/c1-18-12-7-6-11(13(15)8-12)9-16-14(17)10-4-2-3-5-10/h6-8,10H,2-5,9H2,1H3,(H,16,17). The van der Waals surface area contributed by atoms with Crippen LogP contribution in [0.25, 0.3) is 0 Å². The molecule has 1 amide bonds. The Morgan fingerprint density at radius 1 is 1.44 bits per heavy atom. The minimum absolute atomic E-state index is 0.152. The lowest BCUT2D eigenvalue weighted by atomic mass is 10.1. The van der Waals surface area contributed by atoms with Crippen LogP contribution in [-0.4, -0.2) is 13.0 Å². The molecular formula is C14H18ClNO2. The van der Waals surface area contributed by atoms with Crippen LogP contribution in [-0.2, 0) is 11.3 Å². The van der Waals surface area contributed by atoms with Gasteiger partial charge in [0.05, 0.1) is 7.11 Å². The molecule has 1 fully saturated rings. The van der Waals surface area contributed by atoms with Gasteiger partial charge in [-0.05, 0) is 30.5 Å². The lowest BCUT2D eigenvalue weighted by Crippen LogP contribution is -2.28. The van der Waals surface area contributed by atoms with Crippen LogP contribution >= 0.6 is 11.6 Å². The van der Waals surface area contributed by atoms with Crippen molar-refractivity contribution in [2.45, 2.75) is 32.2 Å². The molecule has 0 aromatic heterocycles. The first-order valence-electron chi connectivity index (χ1n) is 6.31. The maximum atomic E-state index is 11.9. The molecule has 1 aliphatic carbocycles. The number of halogens is 1. The van der Waals surface area contributed by atoms with Crippen molar-refractivity contribution in [3.63, 3.8) is 0 Å². The molecule has 1 N–H and O–H groups in total. The largest absolute Gasteiger partial charge is 0.497 e. The van der Waals surface area contributed by atoms with Gasteiger partial charge in [-0.1, -0.05) is 30.5 Å². The van der Waals surface area contributed by atoms with Crippen LogP contribution in [0.2, 0.25) is 5.02 Å². The Morgan fingerprint density at radius 3 is 2.78 bits per heavy atom. The van der Waals surface area contributed by atoms with Gasteiger partial charge in [-0.25, -0.2) is 0 Å². The molecule has 4 heteroatoms. The summed E-state index contributed by atoms with van der Waals surface area (Å²) in [5.74, 6) is 1.08. The number of methoxy groups -OCH3 is 1. The molecule has 3 nitrogen and oxygen atoms in total. The molecule has 18 heavy (non-hydrogen) atoms. The van der Waals surface area contributed by atoms with Gasteiger partial charge in [-0.3, -0.25) is 4.79 Å². The van der Waals surface area contributed by atoms with Crippen molar-refractivity contribution in [1.29, 1.82) is 0 Å². The van der Waals surface area contributed by atoms with Gasteiger partial charge in [0.15, 0.2) is 0 Å². The molecule has 1 aromatic carbocycles. The first-order valence-corrected chi connectivity index (χ1v) is 6.68. The molecule has 0 heterocycles. The van der Waals surface area contributed by atoms with Crippen molar-refractivity contribution < 1.29 is 9.53 Å². The maximum absolute atomic E-state index is 11.9. The van der Waals surface area contributed by atoms with E-state index in [-0.39, 0.29) is 11.8 Å². The Bertz CT molecular complexity index is 428. The molecular weight excluding hydrogens is 250 g/mol. The molecule has 0 bridgehead atoms. The normalized spacial score (nSPS) is 15.7. The molecule has 0 saturated heterocycles. The summed E-state index contributed by atoms with van der Waals surface area (Å²) in [5, 5.41) is 3.58. The smallest absolute Gasteiger partial charge is 0.223 e. The van der Waals surface area contributed by atoms with E-state index in [1.165, 1.54) is 12.8 Å². The van der Waals surface area contributed by atoms with E-state index in [0.29, 0.717) is 11.6 Å². The first kappa shape index (κ1) is 13.2. The minimum atomic E-state index is 0.152. The summed E-state index contributed by atoms with van der Waals surface area (Å²) < 4.78 is 5.09. The van der Waals surface area contributed by atoms with Crippen LogP contribution in [0.5, 0.6) is 5.75 Å². The summed E-state index contributed by atoms with van der Waals surface area (Å²) in [6.07, 6.45) is 4.37. The molecule has 1 aromatic rings. The van der Waals surface area contributed by atoms with Gasteiger partial charge >= 0.3 is 0 Å². The second kappa shape index (κ2) is 6.10. The Balaban J connectivity index is 1.91. The lowest BCUT2D eigenvalue weighted by Gasteiger charge is -2.11. The van der Waals surface area contributed by atoms with E-state index in [1.807, 2.05) is 12.1 Å². The highest BCUT2D eigenvalue weighted by molar-refractivity contribution is 6.31. The second-order valence-electron chi connectivity index (χ2n) is 4.66. The van der Waals surface area contributed by atoms with Crippen LogP contribution in [0, 0.1) is 5.92 Å². The monoisotopic (exact) mass is 267 g/mol. The van der Waals surface area contributed by atoms with E-state index < -0.39 is 0 Å². The molecule has 0 radical (unpaired) electrons. The Kier molecular flexibility index (Phi) is 4.48. The fourth-order valence-corrected chi connectivity index (χ4v) is 2.55. The van der Waals surface area contributed by atoms with Crippen LogP contribution < -0.4 is 10.1 Å². The zero-order valence-electron chi connectivity index (χ0n) is 10.5. The quantitative estimate of drug-likeness (QED) is 0.910. The van der Waals surface area contributed by atoms with Crippen molar-refractivity contribution in [2.24, 2.45) is 5.92 Å². The highest BCUT2D eigenvalue weighted by Gasteiger charge is 2.22. The zero-order chi connectivity index (χ0) is 13.0. The highest BCUT2D eigenvalue weighted by Crippen LogP contribution is 2.25. The Labute approximate surface area is 112 Å². The summed E-state index contributed by atoms with van der Waals surface area (Å²) in [6.45, 7) is 0.484. The third-order valence-corrected chi connectivity index (χ3v) is 3.79. The fourth-order valence-electron chi connectivity index (χ4n) is 2.31. The first-order chi connectivity index (χ1) is 8.70. The fraction of sp³-hybridized carbons (Fsp3) is 0.500. The van der Waals surface area contributed by atoms with E-state index in [4.69, 9.17) is 16.3 Å². The number of carbonyl (C=O) groups excluding carboxylic acids is 1. The molecule has 0 unspecified atom stereocenters.